The fourth-order valence-electron chi connectivity index (χ4n) is 0.919. The molecule has 0 aromatic rings. The standard InChI is InChI=1S/C11H22N2O3.C2H6/c1-6-9(14)12-7-8-13(5)10(15)16-11(2,3)4;1-2/h6-8H2,1-5H3,(H,12,14);1-2H3. The normalized spacial score (nSPS) is 9.94. The summed E-state index contributed by atoms with van der Waals surface area (Å²) in [5, 5.41) is 2.69. The number of hydrogen-bond donors (Lipinski definition) is 1. The first-order valence-electron chi connectivity index (χ1n) is 6.47. The van der Waals surface area contributed by atoms with Gasteiger partial charge in [0.15, 0.2) is 0 Å². The summed E-state index contributed by atoms with van der Waals surface area (Å²) in [6, 6.07) is 0. The van der Waals surface area contributed by atoms with E-state index in [0.29, 0.717) is 19.5 Å². The average molecular weight is 260 g/mol. The molecule has 0 aliphatic heterocycles. The Morgan fingerprint density at radius 1 is 1.22 bits per heavy atom. The predicted molar refractivity (Wildman–Crippen MR) is 73.5 cm³/mol. The van der Waals surface area contributed by atoms with Crippen LogP contribution in [-0.2, 0) is 9.53 Å². The van der Waals surface area contributed by atoms with Crippen molar-refractivity contribution in [3.05, 3.63) is 0 Å². The summed E-state index contributed by atoms with van der Waals surface area (Å²) in [4.78, 5) is 23.9. The number of hydrogen-bond acceptors (Lipinski definition) is 3. The third-order valence-corrected chi connectivity index (χ3v) is 1.80. The first-order chi connectivity index (χ1) is 8.26. The van der Waals surface area contributed by atoms with E-state index in [0.717, 1.165) is 0 Å². The van der Waals surface area contributed by atoms with E-state index >= 15 is 0 Å². The maximum absolute atomic E-state index is 11.5. The van der Waals surface area contributed by atoms with Crippen LogP contribution in [0.1, 0.15) is 48.0 Å². The van der Waals surface area contributed by atoms with Crippen molar-refractivity contribution >= 4 is 12.0 Å². The van der Waals surface area contributed by atoms with Gasteiger partial charge in [0.25, 0.3) is 0 Å². The molecule has 2 amide bonds. The van der Waals surface area contributed by atoms with Crippen molar-refractivity contribution in [2.45, 2.75) is 53.6 Å². The molecule has 108 valence electrons. The van der Waals surface area contributed by atoms with Crippen molar-refractivity contribution in [2.75, 3.05) is 20.1 Å². The molecule has 0 heterocycles. The van der Waals surface area contributed by atoms with Crippen LogP contribution in [0.5, 0.6) is 0 Å². The van der Waals surface area contributed by atoms with E-state index in [1.807, 2.05) is 34.6 Å². The first kappa shape index (κ1) is 19.1. The Labute approximate surface area is 111 Å². The van der Waals surface area contributed by atoms with E-state index in [-0.39, 0.29) is 12.0 Å². The van der Waals surface area contributed by atoms with Crippen LogP contribution in [0.25, 0.3) is 0 Å². The highest BCUT2D eigenvalue weighted by molar-refractivity contribution is 5.75. The fraction of sp³-hybridized carbons (Fsp3) is 0.846. The molecule has 0 aromatic heterocycles. The van der Waals surface area contributed by atoms with Gasteiger partial charge in [-0.3, -0.25) is 4.79 Å². The molecule has 0 aliphatic rings. The summed E-state index contributed by atoms with van der Waals surface area (Å²) in [6.45, 7) is 12.1. The summed E-state index contributed by atoms with van der Waals surface area (Å²) in [5.74, 6) is -0.0161. The lowest BCUT2D eigenvalue weighted by molar-refractivity contribution is -0.120. The Hall–Kier alpha value is -1.26. The zero-order chi connectivity index (χ0) is 14.8. The number of carbonyl (C=O) groups excluding carboxylic acids is 2. The highest BCUT2D eigenvalue weighted by Gasteiger charge is 2.19. The van der Waals surface area contributed by atoms with Crippen LogP contribution >= 0.6 is 0 Å². The molecular formula is C13H28N2O3. The van der Waals surface area contributed by atoms with Crippen molar-refractivity contribution < 1.29 is 14.3 Å². The van der Waals surface area contributed by atoms with Gasteiger partial charge in [0.1, 0.15) is 5.60 Å². The molecule has 0 bridgehead atoms. The molecule has 18 heavy (non-hydrogen) atoms. The Bertz CT molecular complexity index is 247. The highest BCUT2D eigenvalue weighted by atomic mass is 16.6. The number of carbonyl (C=O) groups is 2. The number of ether oxygens (including phenoxy) is 1. The third-order valence-electron chi connectivity index (χ3n) is 1.80. The lowest BCUT2D eigenvalue weighted by Gasteiger charge is -2.24. The molecule has 0 fully saturated rings. The fourth-order valence-corrected chi connectivity index (χ4v) is 0.919. The Morgan fingerprint density at radius 2 is 1.72 bits per heavy atom. The average Bonchev–Trinajstić information content (AvgIpc) is 2.29. The molecular weight excluding hydrogens is 232 g/mol. The summed E-state index contributed by atoms with van der Waals surface area (Å²) in [6.07, 6.45) is 0.0779. The van der Waals surface area contributed by atoms with E-state index in [1.54, 1.807) is 14.0 Å². The second-order valence-electron chi connectivity index (χ2n) is 4.61. The van der Waals surface area contributed by atoms with E-state index in [9.17, 15) is 9.59 Å². The summed E-state index contributed by atoms with van der Waals surface area (Å²) in [7, 11) is 1.65. The summed E-state index contributed by atoms with van der Waals surface area (Å²) >= 11 is 0. The number of nitrogens with zero attached hydrogens (tertiary/aromatic N) is 1. The van der Waals surface area contributed by atoms with Crippen molar-refractivity contribution in [2.24, 2.45) is 0 Å². The summed E-state index contributed by atoms with van der Waals surface area (Å²) < 4.78 is 5.16. The SMILES string of the molecule is CC.CCC(=O)NCCN(C)C(=O)OC(C)(C)C. The van der Waals surface area contributed by atoms with Gasteiger partial charge < -0.3 is 15.0 Å². The molecule has 0 aliphatic carbocycles. The monoisotopic (exact) mass is 260 g/mol. The maximum atomic E-state index is 11.5. The van der Waals surface area contributed by atoms with E-state index < -0.39 is 5.60 Å². The Kier molecular flexibility index (Phi) is 10.3. The van der Waals surface area contributed by atoms with Gasteiger partial charge in [-0.25, -0.2) is 4.79 Å². The Balaban J connectivity index is 0. The quantitative estimate of drug-likeness (QED) is 0.844. The minimum atomic E-state index is -0.488. The van der Waals surface area contributed by atoms with E-state index in [2.05, 4.69) is 5.32 Å². The number of likely N-dealkylation sites (N-methyl/N-ethyl adjacent to an activating group) is 1. The number of rotatable bonds is 4. The van der Waals surface area contributed by atoms with Crippen molar-refractivity contribution in [3.63, 3.8) is 0 Å². The molecule has 5 heteroatoms. The lowest BCUT2D eigenvalue weighted by atomic mass is 10.2. The van der Waals surface area contributed by atoms with Gasteiger partial charge in [-0.1, -0.05) is 20.8 Å². The molecule has 0 rings (SSSR count). The third kappa shape index (κ3) is 11.2. The van der Waals surface area contributed by atoms with E-state index in [4.69, 9.17) is 4.74 Å². The first-order valence-corrected chi connectivity index (χ1v) is 6.47. The lowest BCUT2D eigenvalue weighted by Crippen LogP contribution is -2.39. The van der Waals surface area contributed by atoms with Gasteiger partial charge in [0, 0.05) is 26.6 Å². The summed E-state index contributed by atoms with van der Waals surface area (Å²) in [5.41, 5.74) is -0.488. The van der Waals surface area contributed by atoms with Gasteiger partial charge in [0.05, 0.1) is 0 Å². The highest BCUT2D eigenvalue weighted by Crippen LogP contribution is 2.08. The van der Waals surface area contributed by atoms with Gasteiger partial charge in [-0.05, 0) is 20.8 Å². The van der Waals surface area contributed by atoms with Crippen LogP contribution < -0.4 is 5.32 Å². The van der Waals surface area contributed by atoms with Gasteiger partial charge >= 0.3 is 6.09 Å². The van der Waals surface area contributed by atoms with Crippen molar-refractivity contribution in [1.82, 2.24) is 10.2 Å². The second kappa shape index (κ2) is 9.74. The van der Waals surface area contributed by atoms with Gasteiger partial charge in [-0.15, -0.1) is 0 Å². The maximum Gasteiger partial charge on any atom is 0.410 e. The topological polar surface area (TPSA) is 58.6 Å². The second-order valence-corrected chi connectivity index (χ2v) is 4.61. The van der Waals surface area contributed by atoms with Crippen molar-refractivity contribution in [3.8, 4) is 0 Å². The minimum absolute atomic E-state index is 0.0161. The Morgan fingerprint density at radius 3 is 2.11 bits per heavy atom. The molecule has 0 unspecified atom stereocenters. The predicted octanol–water partition coefficient (Wildman–Crippen LogP) is 2.41. The number of nitrogens with one attached hydrogen (secondary N) is 1. The minimum Gasteiger partial charge on any atom is -0.444 e. The largest absolute Gasteiger partial charge is 0.444 e. The van der Waals surface area contributed by atoms with Crippen LogP contribution in [0.4, 0.5) is 4.79 Å². The molecule has 0 spiro atoms. The molecule has 0 aromatic carbocycles. The van der Waals surface area contributed by atoms with Crippen LogP contribution in [0, 0.1) is 0 Å². The zero-order valence-electron chi connectivity index (χ0n) is 12.8. The van der Waals surface area contributed by atoms with Crippen LogP contribution in [0.2, 0.25) is 0 Å². The van der Waals surface area contributed by atoms with Gasteiger partial charge in [0.2, 0.25) is 5.91 Å². The van der Waals surface area contributed by atoms with Crippen LogP contribution in [0.15, 0.2) is 0 Å². The van der Waals surface area contributed by atoms with Crippen LogP contribution in [-0.4, -0.2) is 42.6 Å². The van der Waals surface area contributed by atoms with Gasteiger partial charge in [-0.2, -0.15) is 0 Å². The molecule has 0 saturated heterocycles. The molecule has 0 atom stereocenters. The molecule has 1 N–H and O–H groups in total. The van der Waals surface area contributed by atoms with Crippen LogP contribution in [0.3, 0.4) is 0 Å². The smallest absolute Gasteiger partial charge is 0.410 e. The zero-order valence-corrected chi connectivity index (χ0v) is 12.8. The number of amides is 2. The molecule has 0 radical (unpaired) electrons. The molecule has 0 saturated carbocycles. The van der Waals surface area contributed by atoms with Crippen molar-refractivity contribution in [1.29, 1.82) is 0 Å². The molecule has 5 nitrogen and oxygen atoms in total. The van der Waals surface area contributed by atoms with E-state index in [1.165, 1.54) is 4.90 Å².